The van der Waals surface area contributed by atoms with Crippen molar-refractivity contribution in [2.75, 3.05) is 18.8 Å². The highest BCUT2D eigenvalue weighted by atomic mass is 32.2. The molecule has 0 saturated carbocycles. The Morgan fingerprint density at radius 3 is 3.08 bits per heavy atom. The van der Waals surface area contributed by atoms with Crippen molar-refractivity contribution in [3.63, 3.8) is 0 Å². The number of hydrogen-bond donors (Lipinski definition) is 0. The molecule has 3 heterocycles. The Hall–Kier alpha value is -1.14. The number of likely N-dealkylation sites (tertiary alicyclic amines) is 1. The first-order valence-corrected chi connectivity index (χ1v) is 10.7. The third kappa shape index (κ3) is 3.18. The van der Waals surface area contributed by atoms with E-state index in [1.165, 1.54) is 41.5 Å². The lowest BCUT2D eigenvalue weighted by Crippen LogP contribution is -2.40. The summed E-state index contributed by atoms with van der Waals surface area (Å²) in [5, 5.41) is 2.22. The highest BCUT2D eigenvalue weighted by Crippen LogP contribution is 2.39. The zero-order chi connectivity index (χ0) is 16.5. The number of aryl methyl sites for hydroxylation is 2. The Labute approximate surface area is 151 Å². The van der Waals surface area contributed by atoms with Gasteiger partial charge in [-0.2, -0.15) is 0 Å². The predicted octanol–water partition coefficient (Wildman–Crippen LogP) is 3.92. The van der Waals surface area contributed by atoms with Gasteiger partial charge in [0.15, 0.2) is 0 Å². The number of rotatable bonds is 3. The summed E-state index contributed by atoms with van der Waals surface area (Å²) in [6.45, 7) is 4.06. The van der Waals surface area contributed by atoms with Crippen molar-refractivity contribution in [3.05, 3.63) is 16.8 Å². The van der Waals surface area contributed by atoms with E-state index in [0.29, 0.717) is 11.7 Å². The zero-order valence-electron chi connectivity index (χ0n) is 14.1. The number of aromatic nitrogens is 2. The minimum atomic E-state index is 0.252. The number of fused-ring (bicyclic) bond motifs is 3. The summed E-state index contributed by atoms with van der Waals surface area (Å²) in [7, 11) is 0. The van der Waals surface area contributed by atoms with Gasteiger partial charge < -0.3 is 4.90 Å². The molecule has 2 aliphatic rings. The predicted molar refractivity (Wildman–Crippen MR) is 99.8 cm³/mol. The van der Waals surface area contributed by atoms with Crippen LogP contribution >= 0.6 is 23.1 Å². The number of carbonyl (C=O) groups excluding carboxylic acids is 1. The normalized spacial score (nSPS) is 21.0. The number of thioether (sulfide) groups is 1. The molecule has 1 aliphatic heterocycles. The molecule has 24 heavy (non-hydrogen) atoms. The Morgan fingerprint density at radius 1 is 1.33 bits per heavy atom. The molecule has 1 atom stereocenters. The lowest BCUT2D eigenvalue weighted by atomic mass is 9.97. The molecule has 0 aromatic carbocycles. The number of amides is 1. The summed E-state index contributed by atoms with van der Waals surface area (Å²) in [6, 6.07) is 0. The van der Waals surface area contributed by atoms with Gasteiger partial charge in [-0.05, 0) is 50.0 Å². The van der Waals surface area contributed by atoms with Crippen molar-refractivity contribution in [2.45, 2.75) is 50.5 Å². The summed E-state index contributed by atoms with van der Waals surface area (Å²) in [5.41, 5.74) is 1.45. The molecule has 6 heteroatoms. The second-order valence-electron chi connectivity index (χ2n) is 6.95. The van der Waals surface area contributed by atoms with Gasteiger partial charge >= 0.3 is 0 Å². The minimum Gasteiger partial charge on any atom is -0.342 e. The second kappa shape index (κ2) is 7.00. The van der Waals surface area contributed by atoms with Gasteiger partial charge in [-0.25, -0.2) is 9.97 Å². The summed E-state index contributed by atoms with van der Waals surface area (Å²) < 4.78 is 0. The van der Waals surface area contributed by atoms with Gasteiger partial charge in [-0.3, -0.25) is 4.79 Å². The summed E-state index contributed by atoms with van der Waals surface area (Å²) in [4.78, 5) is 26.1. The van der Waals surface area contributed by atoms with E-state index in [9.17, 15) is 4.79 Å². The molecule has 2 aromatic rings. The largest absolute Gasteiger partial charge is 0.342 e. The lowest BCUT2D eigenvalue weighted by molar-refractivity contribution is -0.130. The monoisotopic (exact) mass is 361 g/mol. The van der Waals surface area contributed by atoms with Crippen molar-refractivity contribution in [1.82, 2.24) is 14.9 Å². The Morgan fingerprint density at radius 2 is 2.21 bits per heavy atom. The fourth-order valence-electron chi connectivity index (χ4n) is 3.81. The molecule has 0 N–H and O–H groups in total. The first-order valence-electron chi connectivity index (χ1n) is 8.88. The Kier molecular flexibility index (Phi) is 4.77. The van der Waals surface area contributed by atoms with E-state index >= 15 is 0 Å². The lowest BCUT2D eigenvalue weighted by Gasteiger charge is -2.30. The topological polar surface area (TPSA) is 46.1 Å². The smallest absolute Gasteiger partial charge is 0.232 e. The van der Waals surface area contributed by atoms with Gasteiger partial charge in [-0.1, -0.05) is 18.7 Å². The van der Waals surface area contributed by atoms with Crippen LogP contribution in [0.2, 0.25) is 0 Å². The second-order valence-corrected chi connectivity index (χ2v) is 8.99. The molecule has 0 spiro atoms. The van der Waals surface area contributed by atoms with E-state index in [-0.39, 0.29) is 5.91 Å². The molecule has 4 rings (SSSR count). The van der Waals surface area contributed by atoms with E-state index in [1.54, 1.807) is 18.1 Å². The standard InChI is InChI=1S/C18H23N3OS2/c1-12-5-4-8-21(9-12)15(22)10-23-17-16-13-6-2-3-7-14(13)24-18(16)20-11-19-17/h11-12H,2-10H2,1H3/t12-/m1/s1. The minimum absolute atomic E-state index is 0.252. The van der Waals surface area contributed by atoms with Gasteiger partial charge in [0, 0.05) is 23.4 Å². The highest BCUT2D eigenvalue weighted by molar-refractivity contribution is 8.00. The highest BCUT2D eigenvalue weighted by Gasteiger charge is 2.23. The van der Waals surface area contributed by atoms with Crippen LogP contribution in [0.25, 0.3) is 10.2 Å². The average molecular weight is 362 g/mol. The van der Waals surface area contributed by atoms with Gasteiger partial charge in [0.1, 0.15) is 16.2 Å². The van der Waals surface area contributed by atoms with Crippen LogP contribution in [0.4, 0.5) is 0 Å². The van der Waals surface area contributed by atoms with Crippen molar-refractivity contribution in [1.29, 1.82) is 0 Å². The first-order chi connectivity index (χ1) is 11.7. The Balaban J connectivity index is 1.52. The van der Waals surface area contributed by atoms with E-state index in [1.807, 2.05) is 16.2 Å². The maximum atomic E-state index is 12.5. The molecule has 128 valence electrons. The van der Waals surface area contributed by atoms with Crippen LogP contribution in [-0.2, 0) is 17.6 Å². The van der Waals surface area contributed by atoms with Gasteiger partial charge in [0.05, 0.1) is 5.75 Å². The van der Waals surface area contributed by atoms with Gasteiger partial charge in [0.2, 0.25) is 5.91 Å². The van der Waals surface area contributed by atoms with Crippen molar-refractivity contribution in [3.8, 4) is 0 Å². The van der Waals surface area contributed by atoms with E-state index in [0.717, 1.165) is 35.8 Å². The summed E-state index contributed by atoms with van der Waals surface area (Å²) >= 11 is 3.41. The number of nitrogens with zero attached hydrogens (tertiary/aromatic N) is 3. The molecule has 1 aliphatic carbocycles. The van der Waals surface area contributed by atoms with Crippen molar-refractivity contribution >= 4 is 39.2 Å². The molecule has 0 radical (unpaired) electrons. The first kappa shape index (κ1) is 16.3. The molecular weight excluding hydrogens is 338 g/mol. The molecule has 2 aromatic heterocycles. The van der Waals surface area contributed by atoms with Crippen molar-refractivity contribution < 1.29 is 4.79 Å². The number of thiophene rings is 1. The Bertz CT molecular complexity index is 758. The molecule has 1 amide bonds. The zero-order valence-corrected chi connectivity index (χ0v) is 15.7. The quantitative estimate of drug-likeness (QED) is 0.614. The summed E-state index contributed by atoms with van der Waals surface area (Å²) in [6.07, 6.45) is 8.86. The number of hydrogen-bond acceptors (Lipinski definition) is 5. The van der Waals surface area contributed by atoms with E-state index in [2.05, 4.69) is 16.9 Å². The molecule has 0 bridgehead atoms. The SMILES string of the molecule is C[C@@H]1CCCN(C(=O)CSc2ncnc3sc4c(c23)CCCC4)C1. The molecule has 0 unspecified atom stereocenters. The maximum absolute atomic E-state index is 12.5. The third-order valence-corrected chi connectivity index (χ3v) is 7.23. The van der Waals surface area contributed by atoms with E-state index in [4.69, 9.17) is 0 Å². The van der Waals surface area contributed by atoms with Gasteiger partial charge in [0.25, 0.3) is 0 Å². The summed E-state index contributed by atoms with van der Waals surface area (Å²) in [5.74, 6) is 1.37. The molecular formula is C18H23N3OS2. The number of carbonyl (C=O) groups is 1. The fraction of sp³-hybridized carbons (Fsp3) is 0.611. The third-order valence-electron chi connectivity index (χ3n) is 5.06. The van der Waals surface area contributed by atoms with Crippen LogP contribution in [0, 0.1) is 5.92 Å². The maximum Gasteiger partial charge on any atom is 0.232 e. The van der Waals surface area contributed by atoms with Crippen LogP contribution in [0.1, 0.15) is 43.0 Å². The van der Waals surface area contributed by atoms with Crippen LogP contribution < -0.4 is 0 Å². The van der Waals surface area contributed by atoms with Crippen LogP contribution in [-0.4, -0.2) is 39.6 Å². The van der Waals surface area contributed by atoms with Crippen LogP contribution in [0.5, 0.6) is 0 Å². The average Bonchev–Trinajstić information content (AvgIpc) is 2.99. The molecule has 1 saturated heterocycles. The molecule has 1 fully saturated rings. The van der Waals surface area contributed by atoms with Crippen LogP contribution in [0.15, 0.2) is 11.4 Å². The van der Waals surface area contributed by atoms with E-state index < -0.39 is 0 Å². The van der Waals surface area contributed by atoms with Gasteiger partial charge in [-0.15, -0.1) is 11.3 Å². The number of piperidine rings is 1. The van der Waals surface area contributed by atoms with Crippen LogP contribution in [0.3, 0.4) is 0 Å². The van der Waals surface area contributed by atoms with Crippen molar-refractivity contribution in [2.24, 2.45) is 5.92 Å². The molecule has 4 nitrogen and oxygen atoms in total. The fourth-order valence-corrected chi connectivity index (χ4v) is 6.03.